The van der Waals surface area contributed by atoms with E-state index in [9.17, 15) is 5.26 Å². The van der Waals surface area contributed by atoms with Crippen molar-refractivity contribution in [3.8, 4) is 17.6 Å². The molecule has 0 aliphatic carbocycles. The summed E-state index contributed by atoms with van der Waals surface area (Å²) < 4.78 is 12.8. The van der Waals surface area contributed by atoms with Gasteiger partial charge in [0.1, 0.15) is 17.7 Å². The summed E-state index contributed by atoms with van der Waals surface area (Å²) in [5.41, 5.74) is 3.26. The van der Waals surface area contributed by atoms with Crippen molar-refractivity contribution < 1.29 is 9.47 Å². The van der Waals surface area contributed by atoms with Crippen LogP contribution >= 0.6 is 22.9 Å². The van der Waals surface area contributed by atoms with Gasteiger partial charge in [-0.05, 0) is 60.5 Å². The molecule has 1 aromatic heterocycles. The molecule has 4 aromatic rings. The number of benzene rings is 3. The van der Waals surface area contributed by atoms with E-state index in [1.807, 2.05) is 79.7 Å². The Morgan fingerprint density at radius 1 is 1.06 bits per heavy atom. The molecule has 0 aliphatic heterocycles. The number of rotatable bonds is 7. The van der Waals surface area contributed by atoms with Crippen molar-refractivity contribution in [1.82, 2.24) is 4.98 Å². The summed E-state index contributed by atoms with van der Waals surface area (Å²) >= 11 is 7.45. The van der Waals surface area contributed by atoms with Crippen LogP contribution in [0.25, 0.3) is 21.9 Å². The maximum Gasteiger partial charge on any atom is 0.161 e. The highest BCUT2D eigenvalue weighted by atomic mass is 35.5. The second-order valence-corrected chi connectivity index (χ2v) is 8.18. The van der Waals surface area contributed by atoms with Gasteiger partial charge in [-0.2, -0.15) is 5.26 Å². The van der Waals surface area contributed by atoms with E-state index < -0.39 is 0 Å². The highest BCUT2D eigenvalue weighted by Gasteiger charge is 2.11. The summed E-state index contributed by atoms with van der Waals surface area (Å²) in [4.78, 5) is 4.59. The Hall–Kier alpha value is -3.33. The first-order valence-electron chi connectivity index (χ1n) is 9.78. The van der Waals surface area contributed by atoms with Crippen LogP contribution in [0, 0.1) is 11.3 Å². The molecule has 0 radical (unpaired) electrons. The van der Waals surface area contributed by atoms with Crippen LogP contribution in [0.5, 0.6) is 11.5 Å². The normalized spacial score (nSPS) is 11.3. The summed E-state index contributed by atoms with van der Waals surface area (Å²) in [6, 6.07) is 23.3. The molecule has 0 fully saturated rings. The van der Waals surface area contributed by atoms with Crippen LogP contribution in [0.2, 0.25) is 5.02 Å². The van der Waals surface area contributed by atoms with Crippen LogP contribution < -0.4 is 9.47 Å². The minimum Gasteiger partial charge on any atom is -0.490 e. The second-order valence-electron chi connectivity index (χ2n) is 6.71. The summed E-state index contributed by atoms with van der Waals surface area (Å²) in [5, 5.41) is 11.1. The van der Waals surface area contributed by atoms with Crippen molar-refractivity contribution in [2.45, 2.75) is 13.5 Å². The first-order valence-corrected chi connectivity index (χ1v) is 11.0. The predicted octanol–water partition coefficient (Wildman–Crippen LogP) is 6.99. The van der Waals surface area contributed by atoms with Crippen molar-refractivity contribution in [2.24, 2.45) is 0 Å². The molecular weight excluding hydrogens is 428 g/mol. The molecule has 0 atom stereocenters. The molecule has 154 valence electrons. The largest absolute Gasteiger partial charge is 0.490 e. The highest BCUT2D eigenvalue weighted by Crippen LogP contribution is 2.32. The van der Waals surface area contributed by atoms with Crippen molar-refractivity contribution in [3.05, 3.63) is 87.9 Å². The molecule has 31 heavy (non-hydrogen) atoms. The topological polar surface area (TPSA) is 55.1 Å². The van der Waals surface area contributed by atoms with Crippen LogP contribution in [0.1, 0.15) is 23.1 Å². The van der Waals surface area contributed by atoms with Gasteiger partial charge in [-0.3, -0.25) is 0 Å². The van der Waals surface area contributed by atoms with Crippen molar-refractivity contribution in [2.75, 3.05) is 6.61 Å². The third kappa shape index (κ3) is 5.05. The molecule has 0 spiro atoms. The number of ether oxygens (including phenoxy) is 2. The van der Waals surface area contributed by atoms with E-state index in [0.29, 0.717) is 40.3 Å². The molecule has 0 aliphatic rings. The maximum atomic E-state index is 9.71. The Morgan fingerprint density at radius 3 is 2.61 bits per heavy atom. The Balaban J connectivity index is 1.59. The Labute approximate surface area is 190 Å². The molecule has 0 amide bonds. The second kappa shape index (κ2) is 9.65. The molecule has 4 nitrogen and oxygen atoms in total. The summed E-state index contributed by atoms with van der Waals surface area (Å²) in [6.07, 6.45) is 1.82. The fourth-order valence-corrected chi connectivity index (χ4v) is 4.10. The smallest absolute Gasteiger partial charge is 0.161 e. The van der Waals surface area contributed by atoms with Gasteiger partial charge >= 0.3 is 0 Å². The molecule has 0 bridgehead atoms. The van der Waals surface area contributed by atoms with Crippen molar-refractivity contribution >= 4 is 44.8 Å². The van der Waals surface area contributed by atoms with Crippen LogP contribution in [0.4, 0.5) is 0 Å². The number of hydrogen-bond acceptors (Lipinski definition) is 5. The molecule has 3 aromatic carbocycles. The molecule has 4 rings (SSSR count). The van der Waals surface area contributed by atoms with E-state index in [0.717, 1.165) is 21.3 Å². The Morgan fingerprint density at radius 2 is 1.87 bits per heavy atom. The van der Waals surface area contributed by atoms with E-state index in [-0.39, 0.29) is 0 Å². The maximum absolute atomic E-state index is 9.71. The average Bonchev–Trinajstić information content (AvgIpc) is 3.22. The van der Waals surface area contributed by atoms with Gasteiger partial charge in [0, 0.05) is 5.02 Å². The van der Waals surface area contributed by atoms with Crippen LogP contribution in [-0.2, 0) is 6.61 Å². The molecule has 0 saturated heterocycles. The monoisotopic (exact) mass is 446 g/mol. The Bertz CT molecular complexity index is 1240. The quantitative estimate of drug-likeness (QED) is 0.287. The predicted molar refractivity (Wildman–Crippen MR) is 126 cm³/mol. The lowest BCUT2D eigenvalue weighted by molar-refractivity contribution is 0.269. The number of thiazole rings is 1. The zero-order valence-electron chi connectivity index (χ0n) is 16.8. The van der Waals surface area contributed by atoms with Gasteiger partial charge in [0.2, 0.25) is 0 Å². The number of para-hydroxylation sites is 1. The molecule has 0 N–H and O–H groups in total. The molecule has 6 heteroatoms. The standard InChI is InChI=1S/C25H19ClN2O2S/c1-2-29-23-14-18(9-12-22(23)30-16-17-7-10-20(26)11-8-17)13-19(15-27)25-28-21-5-3-4-6-24(21)31-25/h3-14H,2,16H2,1H3. The number of hydrogen-bond donors (Lipinski definition) is 0. The SMILES string of the molecule is CCOc1cc(C=C(C#N)c2nc3ccccc3s2)ccc1OCc1ccc(Cl)cc1. The highest BCUT2D eigenvalue weighted by molar-refractivity contribution is 7.19. The number of nitriles is 1. The third-order valence-electron chi connectivity index (χ3n) is 4.53. The molecule has 1 heterocycles. The van der Waals surface area contributed by atoms with E-state index >= 15 is 0 Å². The van der Waals surface area contributed by atoms with E-state index in [2.05, 4.69) is 11.1 Å². The summed E-state index contributed by atoms with van der Waals surface area (Å²) in [6.45, 7) is 2.84. The first kappa shape index (κ1) is 20.9. The van der Waals surface area contributed by atoms with Crippen molar-refractivity contribution in [1.29, 1.82) is 5.26 Å². The van der Waals surface area contributed by atoms with Crippen LogP contribution in [-0.4, -0.2) is 11.6 Å². The summed E-state index contributed by atoms with van der Waals surface area (Å²) in [7, 11) is 0. The van der Waals surface area contributed by atoms with Gasteiger partial charge in [-0.1, -0.05) is 41.9 Å². The fraction of sp³-hybridized carbons (Fsp3) is 0.120. The zero-order chi connectivity index (χ0) is 21.6. The van der Waals surface area contributed by atoms with Crippen molar-refractivity contribution in [3.63, 3.8) is 0 Å². The van der Waals surface area contributed by atoms with Gasteiger partial charge < -0.3 is 9.47 Å². The molecule has 0 saturated carbocycles. The number of aromatic nitrogens is 1. The lowest BCUT2D eigenvalue weighted by Crippen LogP contribution is -2.00. The summed E-state index contributed by atoms with van der Waals surface area (Å²) in [5.74, 6) is 1.28. The lowest BCUT2D eigenvalue weighted by atomic mass is 10.1. The molecule has 0 unspecified atom stereocenters. The van der Waals surface area contributed by atoms with Gasteiger partial charge in [-0.15, -0.1) is 11.3 Å². The van der Waals surface area contributed by atoms with Crippen LogP contribution in [0.3, 0.4) is 0 Å². The number of halogens is 1. The van der Waals surface area contributed by atoms with Gasteiger partial charge in [0.05, 0.1) is 22.4 Å². The van der Waals surface area contributed by atoms with E-state index in [1.165, 1.54) is 11.3 Å². The average molecular weight is 447 g/mol. The minimum atomic E-state index is 0.404. The molecular formula is C25H19ClN2O2S. The zero-order valence-corrected chi connectivity index (χ0v) is 18.4. The first-order chi connectivity index (χ1) is 15.2. The third-order valence-corrected chi connectivity index (χ3v) is 5.85. The minimum absolute atomic E-state index is 0.404. The number of allylic oxidation sites excluding steroid dienone is 1. The Kier molecular flexibility index (Phi) is 6.51. The fourth-order valence-electron chi connectivity index (χ4n) is 3.04. The van der Waals surface area contributed by atoms with Gasteiger partial charge in [0.15, 0.2) is 11.5 Å². The van der Waals surface area contributed by atoms with Gasteiger partial charge in [0.25, 0.3) is 0 Å². The number of nitrogens with zero attached hydrogens (tertiary/aromatic N) is 2. The van der Waals surface area contributed by atoms with Gasteiger partial charge in [-0.25, -0.2) is 4.98 Å². The lowest BCUT2D eigenvalue weighted by Gasteiger charge is -2.13. The number of fused-ring (bicyclic) bond motifs is 1. The van der Waals surface area contributed by atoms with E-state index in [1.54, 1.807) is 0 Å². The van der Waals surface area contributed by atoms with Crippen LogP contribution in [0.15, 0.2) is 66.7 Å². The van der Waals surface area contributed by atoms with E-state index in [4.69, 9.17) is 21.1 Å².